The first kappa shape index (κ1) is 12.8. The van der Waals surface area contributed by atoms with Crippen molar-refractivity contribution in [1.82, 2.24) is 4.90 Å². The standard InChI is InChI=1S/C6H13NO6S2/c1-4-6(15(11,12)13)5(3-7(4)2)14(8,9)10/h4-6H,3H2,1-2H3,(H,8,9,10)(H,11,12,13). The second-order valence-electron chi connectivity index (χ2n) is 3.71. The van der Waals surface area contributed by atoms with Gasteiger partial charge in [0.05, 0.1) is 0 Å². The summed E-state index contributed by atoms with van der Waals surface area (Å²) in [5.74, 6) is 0. The minimum Gasteiger partial charge on any atom is -0.301 e. The molecule has 3 unspecified atom stereocenters. The highest BCUT2D eigenvalue weighted by molar-refractivity contribution is 7.90. The summed E-state index contributed by atoms with van der Waals surface area (Å²) in [6.45, 7) is 1.36. The molecule has 0 radical (unpaired) electrons. The number of hydrogen-bond donors (Lipinski definition) is 2. The van der Waals surface area contributed by atoms with Gasteiger partial charge in [-0.1, -0.05) is 0 Å². The molecule has 0 bridgehead atoms. The first-order chi connectivity index (χ1) is 6.55. The molecule has 0 spiro atoms. The molecule has 1 rings (SSSR count). The van der Waals surface area contributed by atoms with Crippen LogP contribution in [0, 0.1) is 0 Å². The smallest absolute Gasteiger partial charge is 0.270 e. The Bertz CT molecular complexity index is 440. The van der Waals surface area contributed by atoms with Crippen LogP contribution in [0.15, 0.2) is 0 Å². The summed E-state index contributed by atoms with van der Waals surface area (Å²) >= 11 is 0. The van der Waals surface area contributed by atoms with Crippen LogP contribution in [0.3, 0.4) is 0 Å². The van der Waals surface area contributed by atoms with Crippen molar-refractivity contribution in [2.75, 3.05) is 13.6 Å². The molecule has 1 fully saturated rings. The first-order valence-electron chi connectivity index (χ1n) is 4.18. The largest absolute Gasteiger partial charge is 0.301 e. The zero-order valence-corrected chi connectivity index (χ0v) is 9.86. The van der Waals surface area contributed by atoms with Gasteiger partial charge >= 0.3 is 0 Å². The topological polar surface area (TPSA) is 112 Å². The molecule has 2 N–H and O–H groups in total. The lowest BCUT2D eigenvalue weighted by Gasteiger charge is -2.18. The first-order valence-corrected chi connectivity index (χ1v) is 7.18. The van der Waals surface area contributed by atoms with Crippen molar-refractivity contribution < 1.29 is 25.9 Å². The van der Waals surface area contributed by atoms with Crippen molar-refractivity contribution in [3.05, 3.63) is 0 Å². The maximum absolute atomic E-state index is 11.0. The van der Waals surface area contributed by atoms with Crippen LogP contribution < -0.4 is 0 Å². The minimum atomic E-state index is -4.50. The third kappa shape index (κ3) is 2.48. The van der Waals surface area contributed by atoms with Crippen LogP contribution in [-0.2, 0) is 20.2 Å². The van der Waals surface area contributed by atoms with Gasteiger partial charge in [-0.15, -0.1) is 0 Å². The third-order valence-corrected chi connectivity index (χ3v) is 5.52. The molecule has 0 amide bonds. The fourth-order valence-corrected chi connectivity index (χ4v) is 4.83. The molecule has 7 nitrogen and oxygen atoms in total. The Morgan fingerprint density at radius 1 is 1.13 bits per heavy atom. The third-order valence-electron chi connectivity index (χ3n) is 2.73. The lowest BCUT2D eigenvalue weighted by molar-refractivity contribution is 0.326. The molecule has 0 aromatic carbocycles. The Morgan fingerprint density at radius 3 is 1.87 bits per heavy atom. The van der Waals surface area contributed by atoms with Gasteiger partial charge in [-0.2, -0.15) is 16.8 Å². The van der Waals surface area contributed by atoms with E-state index in [0.29, 0.717) is 0 Å². The molecule has 0 aromatic rings. The second kappa shape index (κ2) is 3.67. The average Bonchev–Trinajstić information content (AvgIpc) is 2.25. The van der Waals surface area contributed by atoms with Crippen molar-refractivity contribution in [2.45, 2.75) is 23.5 Å². The molecule has 1 saturated heterocycles. The SMILES string of the molecule is CC1C(S(=O)(=O)O)C(S(=O)(=O)O)CN1C. The highest BCUT2D eigenvalue weighted by Gasteiger charge is 2.50. The van der Waals surface area contributed by atoms with Gasteiger partial charge in [0.1, 0.15) is 10.5 Å². The van der Waals surface area contributed by atoms with Crippen molar-refractivity contribution in [2.24, 2.45) is 0 Å². The number of hydrogen-bond acceptors (Lipinski definition) is 5. The van der Waals surface area contributed by atoms with Crippen molar-refractivity contribution in [3.8, 4) is 0 Å². The highest BCUT2D eigenvalue weighted by Crippen LogP contribution is 2.26. The summed E-state index contributed by atoms with van der Waals surface area (Å²) < 4.78 is 61.6. The summed E-state index contributed by atoms with van der Waals surface area (Å²) in [5, 5.41) is -3.00. The van der Waals surface area contributed by atoms with Crippen LogP contribution in [0.25, 0.3) is 0 Å². The Labute approximate surface area is 88.6 Å². The van der Waals surface area contributed by atoms with Crippen LogP contribution in [0.5, 0.6) is 0 Å². The van der Waals surface area contributed by atoms with Gasteiger partial charge in [0.2, 0.25) is 0 Å². The van der Waals surface area contributed by atoms with Gasteiger partial charge in [-0.05, 0) is 14.0 Å². The molecular formula is C6H13NO6S2. The van der Waals surface area contributed by atoms with Crippen molar-refractivity contribution >= 4 is 20.2 Å². The predicted molar refractivity (Wildman–Crippen MR) is 52.8 cm³/mol. The van der Waals surface area contributed by atoms with Crippen molar-refractivity contribution in [3.63, 3.8) is 0 Å². The molecule has 9 heteroatoms. The van der Waals surface area contributed by atoms with E-state index in [1.165, 1.54) is 18.9 Å². The maximum atomic E-state index is 11.0. The molecule has 90 valence electrons. The van der Waals surface area contributed by atoms with Crippen LogP contribution in [-0.4, -0.2) is 61.0 Å². The molecule has 1 aliphatic heterocycles. The van der Waals surface area contributed by atoms with E-state index in [0.717, 1.165) is 0 Å². The van der Waals surface area contributed by atoms with Gasteiger partial charge in [0.25, 0.3) is 20.2 Å². The van der Waals surface area contributed by atoms with Gasteiger partial charge in [0.15, 0.2) is 0 Å². The molecule has 0 aliphatic carbocycles. The predicted octanol–water partition coefficient (Wildman–Crippen LogP) is -1.17. The normalized spacial score (nSPS) is 34.5. The zero-order valence-electron chi connectivity index (χ0n) is 8.23. The molecule has 1 aliphatic rings. The number of likely N-dealkylation sites (tertiary alicyclic amines) is 1. The number of rotatable bonds is 2. The lowest BCUT2D eigenvalue weighted by atomic mass is 10.2. The molecule has 15 heavy (non-hydrogen) atoms. The monoisotopic (exact) mass is 259 g/mol. The second-order valence-corrected chi connectivity index (χ2v) is 6.92. The fraction of sp³-hybridized carbons (Fsp3) is 1.00. The van der Waals surface area contributed by atoms with E-state index in [-0.39, 0.29) is 6.54 Å². The molecular weight excluding hydrogens is 246 g/mol. The Hall–Kier alpha value is -0.220. The molecule has 3 atom stereocenters. The van der Waals surface area contributed by atoms with E-state index in [2.05, 4.69) is 0 Å². The Kier molecular flexibility index (Phi) is 3.14. The fourth-order valence-electron chi connectivity index (χ4n) is 1.82. The van der Waals surface area contributed by atoms with Crippen LogP contribution in [0.4, 0.5) is 0 Å². The highest BCUT2D eigenvalue weighted by atomic mass is 32.2. The quantitative estimate of drug-likeness (QED) is 0.601. The van der Waals surface area contributed by atoms with E-state index in [1.54, 1.807) is 0 Å². The van der Waals surface area contributed by atoms with E-state index in [1.807, 2.05) is 0 Å². The minimum absolute atomic E-state index is 0.121. The van der Waals surface area contributed by atoms with Crippen LogP contribution >= 0.6 is 0 Å². The van der Waals surface area contributed by atoms with Crippen LogP contribution in [0.2, 0.25) is 0 Å². The van der Waals surface area contributed by atoms with Gasteiger partial charge in [-0.25, -0.2) is 0 Å². The summed E-state index contributed by atoms with van der Waals surface area (Å²) in [6.07, 6.45) is 0. The number of nitrogens with zero attached hydrogens (tertiary/aromatic N) is 1. The zero-order chi connectivity index (χ0) is 12.0. The molecule has 0 saturated carbocycles. The lowest BCUT2D eigenvalue weighted by Crippen LogP contribution is -2.41. The maximum Gasteiger partial charge on any atom is 0.270 e. The van der Waals surface area contributed by atoms with Gasteiger partial charge in [0, 0.05) is 12.6 Å². The summed E-state index contributed by atoms with van der Waals surface area (Å²) in [7, 11) is -7.46. The molecule has 0 aromatic heterocycles. The van der Waals surface area contributed by atoms with Crippen LogP contribution in [0.1, 0.15) is 6.92 Å². The average molecular weight is 259 g/mol. The Morgan fingerprint density at radius 2 is 1.60 bits per heavy atom. The van der Waals surface area contributed by atoms with Crippen molar-refractivity contribution in [1.29, 1.82) is 0 Å². The molecule has 1 heterocycles. The summed E-state index contributed by atoms with van der Waals surface area (Å²) in [4.78, 5) is 1.46. The van der Waals surface area contributed by atoms with E-state index in [9.17, 15) is 16.8 Å². The van der Waals surface area contributed by atoms with E-state index < -0.39 is 36.8 Å². The summed E-state index contributed by atoms with van der Waals surface area (Å²) in [6, 6.07) is -0.660. The van der Waals surface area contributed by atoms with E-state index >= 15 is 0 Å². The summed E-state index contributed by atoms with van der Waals surface area (Å²) in [5.41, 5.74) is 0. The van der Waals surface area contributed by atoms with Gasteiger partial charge in [-0.3, -0.25) is 9.11 Å². The van der Waals surface area contributed by atoms with E-state index in [4.69, 9.17) is 9.11 Å². The Balaban J connectivity index is 3.21. The van der Waals surface area contributed by atoms with Gasteiger partial charge < -0.3 is 4.90 Å².